The SMILES string of the molecule is O=C(O)C1(c2ccc(O)c(F)c2)CCC1. The predicted octanol–water partition coefficient (Wildman–Crippen LogP) is 2.04. The van der Waals surface area contributed by atoms with Gasteiger partial charge >= 0.3 is 5.97 Å². The third-order valence-corrected chi connectivity index (χ3v) is 3.12. The number of phenols is 1. The van der Waals surface area contributed by atoms with Gasteiger partial charge in [-0.15, -0.1) is 0 Å². The van der Waals surface area contributed by atoms with Gasteiger partial charge in [0.2, 0.25) is 0 Å². The molecule has 0 saturated heterocycles. The molecule has 2 rings (SSSR count). The van der Waals surface area contributed by atoms with E-state index in [0.29, 0.717) is 18.4 Å². The van der Waals surface area contributed by atoms with E-state index in [9.17, 15) is 9.18 Å². The minimum absolute atomic E-state index is 0.441. The van der Waals surface area contributed by atoms with Crippen LogP contribution in [0.3, 0.4) is 0 Å². The van der Waals surface area contributed by atoms with E-state index in [1.54, 1.807) is 0 Å². The normalized spacial score (nSPS) is 18.2. The molecule has 80 valence electrons. The predicted molar refractivity (Wildman–Crippen MR) is 51.2 cm³/mol. The zero-order valence-corrected chi connectivity index (χ0v) is 8.03. The Hall–Kier alpha value is -1.58. The molecule has 15 heavy (non-hydrogen) atoms. The first kappa shape index (κ1) is 9.96. The van der Waals surface area contributed by atoms with Crippen molar-refractivity contribution < 1.29 is 19.4 Å². The summed E-state index contributed by atoms with van der Waals surface area (Å²) < 4.78 is 13.1. The summed E-state index contributed by atoms with van der Waals surface area (Å²) in [4.78, 5) is 11.1. The summed E-state index contributed by atoms with van der Waals surface area (Å²) in [5.41, 5.74) is -0.495. The van der Waals surface area contributed by atoms with Crippen LogP contribution >= 0.6 is 0 Å². The largest absolute Gasteiger partial charge is 0.505 e. The molecule has 0 bridgehead atoms. The molecular weight excluding hydrogens is 199 g/mol. The second-order valence-corrected chi connectivity index (χ2v) is 3.91. The molecule has 0 radical (unpaired) electrons. The molecule has 0 atom stereocenters. The first-order valence-corrected chi connectivity index (χ1v) is 4.79. The topological polar surface area (TPSA) is 57.5 Å². The van der Waals surface area contributed by atoms with Crippen LogP contribution in [0.2, 0.25) is 0 Å². The maximum atomic E-state index is 13.1. The van der Waals surface area contributed by atoms with Crippen molar-refractivity contribution in [2.24, 2.45) is 0 Å². The highest BCUT2D eigenvalue weighted by Gasteiger charge is 2.46. The Morgan fingerprint density at radius 1 is 1.40 bits per heavy atom. The molecule has 1 aliphatic rings. The highest BCUT2D eigenvalue weighted by Crippen LogP contribution is 2.44. The third kappa shape index (κ3) is 1.37. The standard InChI is InChI=1S/C11H11FO3/c12-8-6-7(2-3-9(8)13)11(10(14)15)4-1-5-11/h2-3,6,13H,1,4-5H2,(H,14,15). The highest BCUT2D eigenvalue weighted by molar-refractivity contribution is 5.82. The van der Waals surface area contributed by atoms with Gasteiger partial charge in [-0.1, -0.05) is 12.5 Å². The second kappa shape index (κ2) is 3.22. The minimum atomic E-state index is -0.936. The monoisotopic (exact) mass is 210 g/mol. The summed E-state index contributed by atoms with van der Waals surface area (Å²) in [7, 11) is 0. The van der Waals surface area contributed by atoms with Crippen molar-refractivity contribution in [3.63, 3.8) is 0 Å². The molecule has 1 aromatic carbocycles. The number of hydrogen-bond donors (Lipinski definition) is 2. The number of aliphatic carboxylic acids is 1. The summed E-state index contributed by atoms with van der Waals surface area (Å²) in [6, 6.07) is 3.79. The summed E-state index contributed by atoms with van der Waals surface area (Å²) in [5.74, 6) is -2.13. The van der Waals surface area contributed by atoms with Crippen molar-refractivity contribution in [1.29, 1.82) is 0 Å². The number of carbonyl (C=O) groups is 1. The highest BCUT2D eigenvalue weighted by atomic mass is 19.1. The van der Waals surface area contributed by atoms with Crippen molar-refractivity contribution in [3.05, 3.63) is 29.6 Å². The van der Waals surface area contributed by atoms with Crippen LogP contribution < -0.4 is 0 Å². The second-order valence-electron chi connectivity index (χ2n) is 3.91. The molecule has 2 N–H and O–H groups in total. The Bertz CT molecular complexity index is 410. The first-order valence-electron chi connectivity index (χ1n) is 4.79. The Kier molecular flexibility index (Phi) is 2.14. The lowest BCUT2D eigenvalue weighted by Crippen LogP contribution is -2.42. The molecular formula is C11H11FO3. The van der Waals surface area contributed by atoms with Crippen LogP contribution in [0.15, 0.2) is 18.2 Å². The van der Waals surface area contributed by atoms with Gasteiger partial charge in [-0.25, -0.2) is 4.39 Å². The van der Waals surface area contributed by atoms with Crippen LogP contribution in [0.25, 0.3) is 0 Å². The zero-order chi connectivity index (χ0) is 11.1. The van der Waals surface area contributed by atoms with Gasteiger partial charge in [0.15, 0.2) is 11.6 Å². The maximum Gasteiger partial charge on any atom is 0.314 e. The third-order valence-electron chi connectivity index (χ3n) is 3.12. The van der Waals surface area contributed by atoms with Gasteiger partial charge < -0.3 is 10.2 Å². The number of phenolic OH excluding ortho intramolecular Hbond substituents is 1. The van der Waals surface area contributed by atoms with Gasteiger partial charge in [0.25, 0.3) is 0 Å². The van der Waals surface area contributed by atoms with Gasteiger partial charge in [0.05, 0.1) is 5.41 Å². The van der Waals surface area contributed by atoms with E-state index in [1.165, 1.54) is 12.1 Å². The molecule has 4 heteroatoms. The van der Waals surface area contributed by atoms with E-state index >= 15 is 0 Å². The van der Waals surface area contributed by atoms with Crippen LogP contribution in [0.1, 0.15) is 24.8 Å². The summed E-state index contributed by atoms with van der Waals surface area (Å²) in [5, 5.41) is 18.1. The van der Waals surface area contributed by atoms with Gasteiger partial charge in [0, 0.05) is 0 Å². The van der Waals surface area contributed by atoms with Crippen LogP contribution in [-0.2, 0) is 10.2 Å². The molecule has 0 heterocycles. The molecule has 0 spiro atoms. The van der Waals surface area contributed by atoms with Crippen molar-refractivity contribution in [2.45, 2.75) is 24.7 Å². The lowest BCUT2D eigenvalue weighted by atomic mass is 9.64. The number of benzene rings is 1. The number of halogens is 1. The molecule has 1 aromatic rings. The molecule has 1 saturated carbocycles. The summed E-state index contributed by atoms with van der Waals surface area (Å²) in [6.45, 7) is 0. The Morgan fingerprint density at radius 2 is 2.07 bits per heavy atom. The Morgan fingerprint density at radius 3 is 2.47 bits per heavy atom. The maximum absolute atomic E-state index is 13.1. The van der Waals surface area contributed by atoms with E-state index in [4.69, 9.17) is 10.2 Å². The lowest BCUT2D eigenvalue weighted by Gasteiger charge is -2.38. The van der Waals surface area contributed by atoms with Crippen LogP contribution in [0.4, 0.5) is 4.39 Å². The van der Waals surface area contributed by atoms with Crippen molar-refractivity contribution >= 4 is 5.97 Å². The lowest BCUT2D eigenvalue weighted by molar-refractivity contribution is -0.147. The van der Waals surface area contributed by atoms with Crippen LogP contribution in [-0.4, -0.2) is 16.2 Å². The van der Waals surface area contributed by atoms with E-state index in [1.807, 2.05) is 0 Å². The molecule has 3 nitrogen and oxygen atoms in total. The van der Waals surface area contributed by atoms with Gasteiger partial charge in [-0.3, -0.25) is 4.79 Å². The Balaban J connectivity index is 2.44. The van der Waals surface area contributed by atoms with Gasteiger partial charge in [-0.2, -0.15) is 0 Å². The van der Waals surface area contributed by atoms with Crippen molar-refractivity contribution in [2.75, 3.05) is 0 Å². The fourth-order valence-electron chi connectivity index (χ4n) is 1.96. The fraction of sp³-hybridized carbons (Fsp3) is 0.364. The van der Waals surface area contributed by atoms with E-state index in [0.717, 1.165) is 12.5 Å². The van der Waals surface area contributed by atoms with E-state index in [2.05, 4.69) is 0 Å². The number of aromatic hydroxyl groups is 1. The number of carboxylic acid groups (broad SMARTS) is 1. The molecule has 1 aliphatic carbocycles. The summed E-state index contributed by atoms with van der Waals surface area (Å²) >= 11 is 0. The van der Waals surface area contributed by atoms with Gasteiger partial charge in [0.1, 0.15) is 0 Å². The molecule has 0 aromatic heterocycles. The number of rotatable bonds is 2. The molecule has 1 fully saturated rings. The molecule has 0 amide bonds. The summed E-state index contributed by atoms with van der Waals surface area (Å²) in [6.07, 6.45) is 1.91. The zero-order valence-electron chi connectivity index (χ0n) is 8.03. The van der Waals surface area contributed by atoms with Crippen molar-refractivity contribution in [1.82, 2.24) is 0 Å². The average Bonchev–Trinajstić information content (AvgIpc) is 2.08. The van der Waals surface area contributed by atoms with E-state index in [-0.39, 0.29) is 0 Å². The van der Waals surface area contributed by atoms with Crippen molar-refractivity contribution in [3.8, 4) is 5.75 Å². The quantitative estimate of drug-likeness (QED) is 0.785. The molecule has 0 unspecified atom stereocenters. The first-order chi connectivity index (χ1) is 7.06. The Labute approximate surface area is 86.2 Å². The fourth-order valence-corrected chi connectivity index (χ4v) is 1.96. The number of carboxylic acids is 1. The smallest absolute Gasteiger partial charge is 0.314 e. The number of hydrogen-bond acceptors (Lipinski definition) is 2. The van der Waals surface area contributed by atoms with E-state index < -0.39 is 23.0 Å². The average molecular weight is 210 g/mol. The minimum Gasteiger partial charge on any atom is -0.505 e. The van der Waals surface area contributed by atoms with Crippen LogP contribution in [0.5, 0.6) is 5.75 Å². The molecule has 0 aliphatic heterocycles. The van der Waals surface area contributed by atoms with Crippen LogP contribution in [0, 0.1) is 5.82 Å². The van der Waals surface area contributed by atoms with Gasteiger partial charge in [-0.05, 0) is 30.5 Å².